The highest BCUT2D eigenvalue weighted by atomic mass is 16.2. The molecular formula is C16H17N3O. The van der Waals surface area contributed by atoms with Gasteiger partial charge in [-0.1, -0.05) is 17.7 Å². The Labute approximate surface area is 118 Å². The third kappa shape index (κ3) is 2.25. The highest BCUT2D eigenvalue weighted by Gasteiger charge is 2.24. The maximum Gasteiger partial charge on any atom is 0.276 e. The largest absolute Gasteiger partial charge is 0.397 e. The molecule has 1 aliphatic heterocycles. The molecular weight excluding hydrogens is 250 g/mol. The maximum atomic E-state index is 12.6. The molecule has 1 aliphatic rings. The Hall–Kier alpha value is -2.36. The molecule has 0 bridgehead atoms. The predicted molar refractivity (Wildman–Crippen MR) is 79.8 cm³/mol. The zero-order valence-electron chi connectivity index (χ0n) is 11.5. The Morgan fingerprint density at radius 3 is 2.90 bits per heavy atom. The van der Waals surface area contributed by atoms with E-state index < -0.39 is 0 Å². The van der Waals surface area contributed by atoms with Crippen LogP contribution in [0, 0.1) is 6.92 Å². The smallest absolute Gasteiger partial charge is 0.276 e. The highest BCUT2D eigenvalue weighted by Crippen LogP contribution is 2.29. The average molecular weight is 267 g/mol. The lowest BCUT2D eigenvalue weighted by atomic mass is 9.99. The van der Waals surface area contributed by atoms with Gasteiger partial charge in [0.1, 0.15) is 5.69 Å². The van der Waals surface area contributed by atoms with E-state index in [9.17, 15) is 4.79 Å². The van der Waals surface area contributed by atoms with Gasteiger partial charge in [0.15, 0.2) is 0 Å². The van der Waals surface area contributed by atoms with Crippen molar-refractivity contribution in [2.24, 2.45) is 0 Å². The Balaban J connectivity index is 1.96. The second-order valence-corrected chi connectivity index (χ2v) is 5.17. The highest BCUT2D eigenvalue weighted by molar-refractivity contribution is 6.05. The lowest BCUT2D eigenvalue weighted by Gasteiger charge is -2.29. The van der Waals surface area contributed by atoms with E-state index in [1.165, 1.54) is 17.3 Å². The number of pyridine rings is 1. The topological polar surface area (TPSA) is 59.2 Å². The zero-order valence-corrected chi connectivity index (χ0v) is 11.5. The summed E-state index contributed by atoms with van der Waals surface area (Å²) < 4.78 is 0. The van der Waals surface area contributed by atoms with Crippen LogP contribution in [0.4, 0.5) is 11.4 Å². The number of carbonyl (C=O) groups is 1. The van der Waals surface area contributed by atoms with Gasteiger partial charge < -0.3 is 10.6 Å². The minimum Gasteiger partial charge on any atom is -0.397 e. The number of fused-ring (bicyclic) bond motifs is 1. The first-order valence-electron chi connectivity index (χ1n) is 6.78. The van der Waals surface area contributed by atoms with E-state index in [1.807, 2.05) is 17.0 Å². The summed E-state index contributed by atoms with van der Waals surface area (Å²) in [6.45, 7) is 2.81. The molecule has 1 amide bonds. The summed E-state index contributed by atoms with van der Waals surface area (Å²) in [5.41, 5.74) is 10.1. The summed E-state index contributed by atoms with van der Waals surface area (Å²) in [6.07, 6.45) is 3.53. The molecule has 0 unspecified atom stereocenters. The summed E-state index contributed by atoms with van der Waals surface area (Å²) in [7, 11) is 0. The second kappa shape index (κ2) is 4.96. The molecule has 4 nitrogen and oxygen atoms in total. The summed E-state index contributed by atoms with van der Waals surface area (Å²) >= 11 is 0. The Bertz CT molecular complexity index is 649. The predicted octanol–water partition coefficient (Wildman–Crippen LogP) is 2.57. The summed E-state index contributed by atoms with van der Waals surface area (Å²) in [5, 5.41) is 0. The lowest BCUT2D eigenvalue weighted by Crippen LogP contribution is -2.36. The lowest BCUT2D eigenvalue weighted by molar-refractivity contribution is 0.0980. The molecule has 102 valence electrons. The van der Waals surface area contributed by atoms with Crippen LogP contribution in [0.3, 0.4) is 0 Å². The van der Waals surface area contributed by atoms with Crippen LogP contribution in [0.15, 0.2) is 36.5 Å². The molecule has 1 aromatic heterocycles. The molecule has 0 aliphatic carbocycles. The molecule has 0 atom stereocenters. The van der Waals surface area contributed by atoms with Crippen LogP contribution >= 0.6 is 0 Å². The first-order valence-corrected chi connectivity index (χ1v) is 6.78. The standard InChI is InChI=1S/C16H17N3O/c1-11-4-7-15-12(9-11)3-2-8-19(15)16(20)14-6-5-13(17)10-18-14/h4-7,9-10H,2-3,8,17H2,1H3. The summed E-state index contributed by atoms with van der Waals surface area (Å²) in [4.78, 5) is 18.5. The van der Waals surface area contributed by atoms with Crippen molar-refractivity contribution in [2.45, 2.75) is 19.8 Å². The maximum absolute atomic E-state index is 12.6. The first-order chi connectivity index (χ1) is 9.65. The quantitative estimate of drug-likeness (QED) is 0.863. The molecule has 2 N–H and O–H groups in total. The number of rotatable bonds is 1. The van der Waals surface area contributed by atoms with E-state index >= 15 is 0 Å². The van der Waals surface area contributed by atoms with Crippen molar-refractivity contribution in [3.05, 3.63) is 53.3 Å². The molecule has 4 heteroatoms. The van der Waals surface area contributed by atoms with Gasteiger partial charge in [-0.2, -0.15) is 0 Å². The minimum absolute atomic E-state index is 0.0604. The molecule has 0 saturated carbocycles. The molecule has 3 rings (SSSR count). The van der Waals surface area contributed by atoms with Crippen molar-refractivity contribution in [1.29, 1.82) is 0 Å². The number of benzene rings is 1. The van der Waals surface area contributed by atoms with Gasteiger partial charge in [0.05, 0.1) is 11.9 Å². The van der Waals surface area contributed by atoms with Gasteiger partial charge in [0, 0.05) is 12.2 Å². The molecule has 0 saturated heterocycles. The molecule has 0 fully saturated rings. The van der Waals surface area contributed by atoms with E-state index in [2.05, 4.69) is 18.0 Å². The van der Waals surface area contributed by atoms with Crippen molar-refractivity contribution < 1.29 is 4.79 Å². The van der Waals surface area contributed by atoms with E-state index in [0.717, 1.165) is 25.1 Å². The molecule has 2 heterocycles. The van der Waals surface area contributed by atoms with Gasteiger partial charge in [-0.25, -0.2) is 4.98 Å². The third-order valence-electron chi connectivity index (χ3n) is 3.60. The minimum atomic E-state index is -0.0604. The number of anilines is 2. The Morgan fingerprint density at radius 2 is 2.15 bits per heavy atom. The van der Waals surface area contributed by atoms with Gasteiger partial charge in [0.2, 0.25) is 0 Å². The van der Waals surface area contributed by atoms with Crippen molar-refractivity contribution >= 4 is 17.3 Å². The Kier molecular flexibility index (Phi) is 3.14. The summed E-state index contributed by atoms with van der Waals surface area (Å²) in [6, 6.07) is 9.62. The van der Waals surface area contributed by atoms with E-state index in [0.29, 0.717) is 11.4 Å². The molecule has 0 spiro atoms. The fourth-order valence-corrected chi connectivity index (χ4v) is 2.61. The van der Waals surface area contributed by atoms with Crippen LogP contribution in [0.1, 0.15) is 28.0 Å². The van der Waals surface area contributed by atoms with E-state index in [4.69, 9.17) is 5.73 Å². The molecule has 2 aromatic rings. The van der Waals surface area contributed by atoms with Gasteiger partial charge in [0.25, 0.3) is 5.91 Å². The second-order valence-electron chi connectivity index (χ2n) is 5.17. The monoisotopic (exact) mass is 267 g/mol. The number of amides is 1. The van der Waals surface area contributed by atoms with Gasteiger partial charge in [-0.05, 0) is 43.5 Å². The van der Waals surface area contributed by atoms with E-state index in [-0.39, 0.29) is 5.91 Å². The number of carbonyl (C=O) groups excluding carboxylic acids is 1. The number of aryl methyl sites for hydroxylation is 2. The zero-order chi connectivity index (χ0) is 14.1. The van der Waals surface area contributed by atoms with Crippen LogP contribution in [0.25, 0.3) is 0 Å². The fourth-order valence-electron chi connectivity index (χ4n) is 2.61. The number of nitrogens with two attached hydrogens (primary N) is 1. The fraction of sp³-hybridized carbons (Fsp3) is 0.250. The van der Waals surface area contributed by atoms with Crippen molar-refractivity contribution in [2.75, 3.05) is 17.2 Å². The summed E-state index contributed by atoms with van der Waals surface area (Å²) in [5.74, 6) is -0.0604. The number of hydrogen-bond donors (Lipinski definition) is 1. The normalized spacial score (nSPS) is 13.9. The van der Waals surface area contributed by atoms with Crippen LogP contribution < -0.4 is 10.6 Å². The average Bonchev–Trinajstić information content (AvgIpc) is 2.46. The Morgan fingerprint density at radius 1 is 1.30 bits per heavy atom. The van der Waals surface area contributed by atoms with Crippen LogP contribution in [0.5, 0.6) is 0 Å². The van der Waals surface area contributed by atoms with Crippen LogP contribution in [0.2, 0.25) is 0 Å². The number of aromatic nitrogens is 1. The SMILES string of the molecule is Cc1ccc2c(c1)CCCN2C(=O)c1ccc(N)cn1. The molecule has 0 radical (unpaired) electrons. The van der Waals surface area contributed by atoms with Gasteiger partial charge >= 0.3 is 0 Å². The van der Waals surface area contributed by atoms with Gasteiger partial charge in [-0.3, -0.25) is 4.79 Å². The van der Waals surface area contributed by atoms with E-state index in [1.54, 1.807) is 12.1 Å². The first kappa shape index (κ1) is 12.7. The number of nitrogens with zero attached hydrogens (tertiary/aromatic N) is 2. The molecule has 20 heavy (non-hydrogen) atoms. The number of hydrogen-bond acceptors (Lipinski definition) is 3. The third-order valence-corrected chi connectivity index (χ3v) is 3.60. The van der Waals surface area contributed by atoms with Crippen molar-refractivity contribution in [1.82, 2.24) is 4.98 Å². The molecule has 1 aromatic carbocycles. The van der Waals surface area contributed by atoms with Crippen molar-refractivity contribution in [3.63, 3.8) is 0 Å². The van der Waals surface area contributed by atoms with Crippen LogP contribution in [-0.4, -0.2) is 17.4 Å². The van der Waals surface area contributed by atoms with Gasteiger partial charge in [-0.15, -0.1) is 0 Å². The van der Waals surface area contributed by atoms with Crippen molar-refractivity contribution in [3.8, 4) is 0 Å². The number of nitrogen functional groups attached to an aromatic ring is 1. The van der Waals surface area contributed by atoms with Crippen LogP contribution in [-0.2, 0) is 6.42 Å².